The van der Waals surface area contributed by atoms with Crippen LogP contribution in [0.1, 0.15) is 129 Å². The molecule has 0 aromatic rings. The maximum absolute atomic E-state index is 12.5. The predicted molar refractivity (Wildman–Crippen MR) is 161 cm³/mol. The number of amides is 2. The first kappa shape index (κ1) is 39.2. The zero-order valence-electron chi connectivity index (χ0n) is 26.1. The second-order valence-corrected chi connectivity index (χ2v) is 10.6. The monoisotopic (exact) mass is 588 g/mol. The molecule has 0 aromatic carbocycles. The van der Waals surface area contributed by atoms with Gasteiger partial charge >= 0.3 is 5.97 Å². The van der Waals surface area contributed by atoms with E-state index in [1.165, 1.54) is 64.2 Å². The molecule has 0 rings (SSSR count). The third-order valence-corrected chi connectivity index (χ3v) is 6.69. The van der Waals surface area contributed by atoms with Gasteiger partial charge in [-0.3, -0.25) is 19.2 Å². The van der Waals surface area contributed by atoms with E-state index in [1.54, 1.807) is 0 Å². The Morgan fingerprint density at radius 3 is 1.56 bits per heavy atom. The van der Waals surface area contributed by atoms with E-state index in [4.69, 9.17) is 24.2 Å². The van der Waals surface area contributed by atoms with Gasteiger partial charge in [-0.15, -0.1) is 0 Å². The van der Waals surface area contributed by atoms with Crippen LogP contribution in [0.2, 0.25) is 0 Å². The molecule has 0 radical (unpaired) electrons. The minimum Gasteiger partial charge on any atom is -0.481 e. The Morgan fingerprint density at radius 2 is 1.05 bits per heavy atom. The quantitative estimate of drug-likeness (QED) is 0.0672. The summed E-state index contributed by atoms with van der Waals surface area (Å²) in [5.74, 6) is -1.85. The molecule has 0 aromatic heterocycles. The molecule has 3 N–H and O–H groups in total. The molecule has 1 atom stereocenters. The molecule has 242 valence electrons. The van der Waals surface area contributed by atoms with Gasteiger partial charge in [0.2, 0.25) is 5.91 Å². The van der Waals surface area contributed by atoms with Crippen molar-refractivity contribution >= 4 is 17.8 Å². The predicted octanol–water partition coefficient (Wildman–Crippen LogP) is 5.72. The van der Waals surface area contributed by atoms with Crippen LogP contribution in [-0.4, -0.2) is 75.2 Å². The molecule has 0 aliphatic rings. The second kappa shape index (κ2) is 31.2. The number of hydroxylamine groups is 1. The number of ether oxygens (including phenoxy) is 3. The Hall–Kier alpha value is -1.75. The first-order valence-electron chi connectivity index (χ1n) is 16.2. The molecule has 0 fully saturated rings. The summed E-state index contributed by atoms with van der Waals surface area (Å²) in [6.07, 6.45) is 18.1. The Bertz CT molecular complexity index is 621. The molecule has 0 saturated carbocycles. The zero-order valence-corrected chi connectivity index (χ0v) is 26.1. The minimum absolute atomic E-state index is 0.00906. The third-order valence-electron chi connectivity index (χ3n) is 6.69. The summed E-state index contributed by atoms with van der Waals surface area (Å²) in [5, 5.41) is 11.7. The van der Waals surface area contributed by atoms with E-state index in [0.29, 0.717) is 32.8 Å². The SMILES string of the molecule is CCCCCCCCCCCCCCCC(=O)N[C@@H](CCC(=O)O)C(=O)NOCCOCCOCCOCCCC. The van der Waals surface area contributed by atoms with Crippen LogP contribution in [0.15, 0.2) is 0 Å². The topological polar surface area (TPSA) is 132 Å². The Kier molecular flexibility index (Phi) is 29.9. The number of hydrogen-bond donors (Lipinski definition) is 3. The van der Waals surface area contributed by atoms with Gasteiger partial charge in [0.1, 0.15) is 6.04 Å². The van der Waals surface area contributed by atoms with Crippen molar-refractivity contribution in [1.82, 2.24) is 10.8 Å². The van der Waals surface area contributed by atoms with Gasteiger partial charge in [-0.2, -0.15) is 0 Å². The summed E-state index contributed by atoms with van der Waals surface area (Å²) >= 11 is 0. The van der Waals surface area contributed by atoms with Gasteiger partial charge in [0.05, 0.1) is 39.6 Å². The lowest BCUT2D eigenvalue weighted by Crippen LogP contribution is -2.47. The number of unbranched alkanes of at least 4 members (excludes halogenated alkanes) is 13. The summed E-state index contributed by atoms with van der Waals surface area (Å²) in [4.78, 5) is 41.0. The second-order valence-electron chi connectivity index (χ2n) is 10.6. The van der Waals surface area contributed by atoms with E-state index in [2.05, 4.69) is 24.6 Å². The molecular formula is C31H60N2O8. The van der Waals surface area contributed by atoms with Crippen molar-refractivity contribution in [1.29, 1.82) is 0 Å². The number of carboxylic acids is 1. The van der Waals surface area contributed by atoms with Crippen LogP contribution >= 0.6 is 0 Å². The Labute approximate surface area is 248 Å². The molecule has 0 heterocycles. The molecule has 10 nitrogen and oxygen atoms in total. The van der Waals surface area contributed by atoms with Crippen LogP contribution in [0.3, 0.4) is 0 Å². The van der Waals surface area contributed by atoms with Crippen LogP contribution in [0, 0.1) is 0 Å². The fraction of sp³-hybridized carbons (Fsp3) is 0.903. The van der Waals surface area contributed by atoms with Crippen LogP contribution < -0.4 is 10.8 Å². The van der Waals surface area contributed by atoms with Gasteiger partial charge in [0.15, 0.2) is 0 Å². The average Bonchev–Trinajstić information content (AvgIpc) is 2.95. The van der Waals surface area contributed by atoms with Crippen molar-refractivity contribution in [2.75, 3.05) is 46.2 Å². The van der Waals surface area contributed by atoms with Crippen LogP contribution in [0.5, 0.6) is 0 Å². The first-order chi connectivity index (χ1) is 20.0. The van der Waals surface area contributed by atoms with Crippen molar-refractivity contribution < 1.29 is 38.5 Å². The van der Waals surface area contributed by atoms with Gasteiger partial charge in [-0.25, -0.2) is 5.48 Å². The number of carboxylic acid groups (broad SMARTS) is 1. The summed E-state index contributed by atoms with van der Waals surface area (Å²) in [6.45, 7) is 7.38. The number of nitrogens with one attached hydrogen (secondary N) is 2. The van der Waals surface area contributed by atoms with Gasteiger partial charge in [0, 0.05) is 19.4 Å². The van der Waals surface area contributed by atoms with Gasteiger partial charge in [-0.1, -0.05) is 97.3 Å². The standard InChI is InChI=1S/C31H60N2O8/c1-3-5-7-8-9-10-11-12-13-14-15-16-17-18-29(34)32-28(19-20-30(35)36)31(37)33-41-27-26-40-25-24-39-23-22-38-21-6-4-2/h28H,3-27H2,1-2H3,(H,32,34)(H,33,37)(H,35,36)/t28-/m0/s1. The molecule has 0 aliphatic carbocycles. The summed E-state index contributed by atoms with van der Waals surface area (Å²) in [6, 6.07) is -0.963. The molecule has 0 saturated heterocycles. The lowest BCUT2D eigenvalue weighted by Gasteiger charge is -2.17. The van der Waals surface area contributed by atoms with Crippen molar-refractivity contribution in [2.24, 2.45) is 0 Å². The van der Waals surface area contributed by atoms with E-state index < -0.39 is 17.9 Å². The average molecular weight is 589 g/mol. The van der Waals surface area contributed by atoms with Crippen LogP contribution in [-0.2, 0) is 33.4 Å². The third kappa shape index (κ3) is 29.5. The molecule has 0 aliphatic heterocycles. The highest BCUT2D eigenvalue weighted by molar-refractivity contribution is 5.87. The highest BCUT2D eigenvalue weighted by atomic mass is 16.7. The molecule has 41 heavy (non-hydrogen) atoms. The fourth-order valence-electron chi connectivity index (χ4n) is 4.19. The van der Waals surface area contributed by atoms with E-state index in [0.717, 1.165) is 38.7 Å². The molecule has 2 amide bonds. The van der Waals surface area contributed by atoms with E-state index in [9.17, 15) is 14.4 Å². The number of carbonyl (C=O) groups is 3. The van der Waals surface area contributed by atoms with Gasteiger partial charge < -0.3 is 24.6 Å². The maximum Gasteiger partial charge on any atom is 0.303 e. The van der Waals surface area contributed by atoms with Gasteiger partial charge in [-0.05, 0) is 19.3 Å². The largest absolute Gasteiger partial charge is 0.481 e. The van der Waals surface area contributed by atoms with Crippen LogP contribution in [0.25, 0.3) is 0 Å². The normalized spacial score (nSPS) is 11.9. The minimum atomic E-state index is -1.03. The molecule has 0 bridgehead atoms. The number of carbonyl (C=O) groups excluding carboxylic acids is 2. The molecule has 0 spiro atoms. The summed E-state index contributed by atoms with van der Waals surface area (Å²) < 4.78 is 16.2. The van der Waals surface area contributed by atoms with Gasteiger partial charge in [0.25, 0.3) is 5.91 Å². The molecule has 10 heteroatoms. The van der Waals surface area contributed by atoms with Crippen molar-refractivity contribution in [3.8, 4) is 0 Å². The Morgan fingerprint density at radius 1 is 0.585 bits per heavy atom. The number of aliphatic carboxylic acids is 1. The smallest absolute Gasteiger partial charge is 0.303 e. The van der Waals surface area contributed by atoms with Crippen molar-refractivity contribution in [3.63, 3.8) is 0 Å². The summed E-state index contributed by atoms with van der Waals surface area (Å²) in [7, 11) is 0. The fourth-order valence-corrected chi connectivity index (χ4v) is 4.19. The van der Waals surface area contributed by atoms with E-state index >= 15 is 0 Å². The Balaban J connectivity index is 3.88. The number of rotatable bonds is 32. The molecule has 0 unspecified atom stereocenters. The number of hydrogen-bond acceptors (Lipinski definition) is 7. The lowest BCUT2D eigenvalue weighted by molar-refractivity contribution is -0.141. The first-order valence-corrected chi connectivity index (χ1v) is 16.2. The van der Waals surface area contributed by atoms with E-state index in [-0.39, 0.29) is 32.0 Å². The van der Waals surface area contributed by atoms with Crippen LogP contribution in [0.4, 0.5) is 0 Å². The zero-order chi connectivity index (χ0) is 30.2. The van der Waals surface area contributed by atoms with Crippen molar-refractivity contribution in [2.45, 2.75) is 135 Å². The van der Waals surface area contributed by atoms with Crippen molar-refractivity contribution in [3.05, 3.63) is 0 Å². The van der Waals surface area contributed by atoms with E-state index in [1.807, 2.05) is 0 Å². The lowest BCUT2D eigenvalue weighted by atomic mass is 10.0. The maximum atomic E-state index is 12.5. The highest BCUT2D eigenvalue weighted by Crippen LogP contribution is 2.13. The molecular weight excluding hydrogens is 528 g/mol. The highest BCUT2D eigenvalue weighted by Gasteiger charge is 2.21. The summed E-state index contributed by atoms with van der Waals surface area (Å²) in [5.41, 5.74) is 2.29.